The lowest BCUT2D eigenvalue weighted by Gasteiger charge is -2.29. The third kappa shape index (κ3) is 4.39. The monoisotopic (exact) mass is 349 g/mol. The number of halogens is 1. The molecule has 1 saturated heterocycles. The van der Waals surface area contributed by atoms with Crippen molar-refractivity contribution in [3.05, 3.63) is 41.4 Å². The molecule has 1 aromatic heterocycles. The van der Waals surface area contributed by atoms with Crippen LogP contribution in [0.3, 0.4) is 0 Å². The van der Waals surface area contributed by atoms with Gasteiger partial charge in [-0.2, -0.15) is 0 Å². The van der Waals surface area contributed by atoms with Gasteiger partial charge in [-0.05, 0) is 18.2 Å². The summed E-state index contributed by atoms with van der Waals surface area (Å²) >= 11 is 6.20. The quantitative estimate of drug-likeness (QED) is 0.773. The molecule has 0 bridgehead atoms. The summed E-state index contributed by atoms with van der Waals surface area (Å²) in [6.45, 7) is 3.59. The summed E-state index contributed by atoms with van der Waals surface area (Å²) in [5.41, 5.74) is 2.60. The fourth-order valence-electron chi connectivity index (χ4n) is 2.53. The van der Waals surface area contributed by atoms with Crippen molar-refractivity contribution < 1.29 is 9.53 Å². The Morgan fingerprint density at radius 3 is 2.96 bits per heavy atom. The Morgan fingerprint density at radius 1 is 1.38 bits per heavy atom. The van der Waals surface area contributed by atoms with Crippen LogP contribution in [0.25, 0.3) is 0 Å². The Kier molecular flexibility index (Phi) is 5.55. The number of benzene rings is 1. The summed E-state index contributed by atoms with van der Waals surface area (Å²) in [5.74, 6) is 0. The first kappa shape index (κ1) is 16.6. The highest BCUT2D eigenvalue weighted by atomic mass is 35.5. The predicted octanol–water partition coefficient (Wildman–Crippen LogP) is 2.26. The summed E-state index contributed by atoms with van der Waals surface area (Å²) in [4.78, 5) is 21.2. The summed E-state index contributed by atoms with van der Waals surface area (Å²) in [6, 6.07) is 5.36. The molecule has 24 heavy (non-hydrogen) atoms. The van der Waals surface area contributed by atoms with E-state index in [4.69, 9.17) is 16.3 Å². The number of ether oxygens (including phenoxy) is 1. The van der Waals surface area contributed by atoms with E-state index in [1.54, 1.807) is 18.6 Å². The molecule has 128 valence electrons. The Labute approximate surface area is 145 Å². The first-order chi connectivity index (χ1) is 11.7. The minimum absolute atomic E-state index is 0.282. The fourth-order valence-corrected chi connectivity index (χ4v) is 2.69. The number of nitrogens with one attached hydrogen (secondary N) is 3. The molecule has 1 aliphatic heterocycles. The third-order valence-corrected chi connectivity index (χ3v) is 4.14. The molecule has 2 amide bonds. The van der Waals surface area contributed by atoms with Gasteiger partial charge in [0.05, 0.1) is 30.3 Å². The van der Waals surface area contributed by atoms with E-state index in [0.29, 0.717) is 36.9 Å². The zero-order valence-corrected chi connectivity index (χ0v) is 14.0. The second-order valence-corrected chi connectivity index (χ2v) is 5.88. The number of rotatable bonds is 5. The van der Waals surface area contributed by atoms with Crippen molar-refractivity contribution in [3.8, 4) is 0 Å². The first-order valence-corrected chi connectivity index (χ1v) is 8.24. The molecule has 3 rings (SSSR count). The number of aromatic amines is 1. The van der Waals surface area contributed by atoms with Gasteiger partial charge >= 0.3 is 6.03 Å². The van der Waals surface area contributed by atoms with Crippen LogP contribution in [0.1, 0.15) is 5.69 Å². The Balaban J connectivity index is 1.55. The maximum atomic E-state index is 12.0. The predicted molar refractivity (Wildman–Crippen MR) is 93.8 cm³/mol. The molecule has 0 radical (unpaired) electrons. The van der Waals surface area contributed by atoms with Crippen LogP contribution < -0.4 is 15.5 Å². The molecule has 2 heterocycles. The zero-order valence-electron chi connectivity index (χ0n) is 13.2. The van der Waals surface area contributed by atoms with E-state index in [1.165, 1.54) is 0 Å². The molecular formula is C16H20ClN5O2. The molecular weight excluding hydrogens is 330 g/mol. The average molecular weight is 350 g/mol. The van der Waals surface area contributed by atoms with Crippen molar-refractivity contribution in [3.63, 3.8) is 0 Å². The van der Waals surface area contributed by atoms with E-state index < -0.39 is 0 Å². The number of hydrogen-bond donors (Lipinski definition) is 3. The zero-order chi connectivity index (χ0) is 16.8. The van der Waals surface area contributed by atoms with Crippen molar-refractivity contribution in [2.45, 2.75) is 6.42 Å². The van der Waals surface area contributed by atoms with Crippen LogP contribution in [0.4, 0.5) is 16.2 Å². The maximum Gasteiger partial charge on any atom is 0.319 e. The van der Waals surface area contributed by atoms with Crippen LogP contribution >= 0.6 is 11.6 Å². The largest absolute Gasteiger partial charge is 0.378 e. The van der Waals surface area contributed by atoms with Crippen molar-refractivity contribution in [1.29, 1.82) is 0 Å². The summed E-state index contributed by atoms with van der Waals surface area (Å²) in [7, 11) is 0. The number of nitrogens with zero attached hydrogens (tertiary/aromatic N) is 2. The van der Waals surface area contributed by atoms with Crippen molar-refractivity contribution in [1.82, 2.24) is 15.3 Å². The topological polar surface area (TPSA) is 82.3 Å². The van der Waals surface area contributed by atoms with Gasteiger partial charge in [-0.1, -0.05) is 11.6 Å². The number of carbonyl (C=O) groups is 1. The lowest BCUT2D eigenvalue weighted by molar-refractivity contribution is 0.122. The molecule has 0 atom stereocenters. The number of amides is 2. The van der Waals surface area contributed by atoms with Gasteiger partial charge < -0.3 is 25.3 Å². The van der Waals surface area contributed by atoms with Crippen LogP contribution in [0.2, 0.25) is 5.02 Å². The molecule has 0 spiro atoms. The minimum atomic E-state index is -0.282. The molecule has 0 unspecified atom stereocenters. The van der Waals surface area contributed by atoms with E-state index in [2.05, 4.69) is 25.5 Å². The molecule has 1 aromatic carbocycles. The number of anilines is 2. The SMILES string of the molecule is O=C(NCCc1cnc[nH]1)Nc1cc(N2CCOCC2)ccc1Cl. The summed E-state index contributed by atoms with van der Waals surface area (Å²) < 4.78 is 5.36. The molecule has 1 fully saturated rings. The first-order valence-electron chi connectivity index (χ1n) is 7.87. The van der Waals surface area contributed by atoms with Gasteiger partial charge in [0.15, 0.2) is 0 Å². The average Bonchev–Trinajstić information content (AvgIpc) is 3.11. The maximum absolute atomic E-state index is 12.0. The number of H-pyrrole nitrogens is 1. The van der Waals surface area contributed by atoms with Crippen molar-refractivity contribution in [2.24, 2.45) is 0 Å². The van der Waals surface area contributed by atoms with Gasteiger partial charge in [0.25, 0.3) is 0 Å². The van der Waals surface area contributed by atoms with Crippen LogP contribution in [0.15, 0.2) is 30.7 Å². The van der Waals surface area contributed by atoms with Crippen LogP contribution in [-0.4, -0.2) is 48.8 Å². The van der Waals surface area contributed by atoms with Gasteiger partial charge in [0.2, 0.25) is 0 Å². The molecule has 0 saturated carbocycles. The highest BCUT2D eigenvalue weighted by Gasteiger charge is 2.13. The second kappa shape index (κ2) is 8.03. The molecule has 0 aliphatic carbocycles. The normalized spacial score (nSPS) is 14.5. The van der Waals surface area contributed by atoms with E-state index in [9.17, 15) is 4.79 Å². The molecule has 1 aliphatic rings. The molecule has 3 N–H and O–H groups in total. The van der Waals surface area contributed by atoms with Gasteiger partial charge in [0, 0.05) is 43.6 Å². The van der Waals surface area contributed by atoms with E-state index in [0.717, 1.165) is 24.5 Å². The molecule has 7 nitrogen and oxygen atoms in total. The van der Waals surface area contributed by atoms with E-state index >= 15 is 0 Å². The second-order valence-electron chi connectivity index (χ2n) is 5.47. The van der Waals surface area contributed by atoms with Gasteiger partial charge in [-0.25, -0.2) is 9.78 Å². The lowest BCUT2D eigenvalue weighted by Crippen LogP contribution is -2.36. The number of morpholine rings is 1. The van der Waals surface area contributed by atoms with Crippen LogP contribution in [-0.2, 0) is 11.2 Å². The van der Waals surface area contributed by atoms with Gasteiger partial charge in [-0.15, -0.1) is 0 Å². The van der Waals surface area contributed by atoms with E-state index in [-0.39, 0.29) is 6.03 Å². The lowest BCUT2D eigenvalue weighted by atomic mass is 10.2. The van der Waals surface area contributed by atoms with Gasteiger partial charge in [-0.3, -0.25) is 0 Å². The highest BCUT2D eigenvalue weighted by molar-refractivity contribution is 6.33. The molecule has 2 aromatic rings. The number of imidazole rings is 1. The third-order valence-electron chi connectivity index (χ3n) is 3.81. The Hall–Kier alpha value is -2.25. The smallest absolute Gasteiger partial charge is 0.319 e. The summed E-state index contributed by atoms with van der Waals surface area (Å²) in [6.07, 6.45) is 4.05. The Morgan fingerprint density at radius 2 is 2.21 bits per heavy atom. The number of carbonyl (C=O) groups excluding carboxylic acids is 1. The number of urea groups is 1. The Bertz CT molecular complexity index is 671. The number of aromatic nitrogens is 2. The summed E-state index contributed by atoms with van der Waals surface area (Å²) in [5, 5.41) is 6.12. The van der Waals surface area contributed by atoms with Crippen LogP contribution in [0.5, 0.6) is 0 Å². The van der Waals surface area contributed by atoms with Crippen molar-refractivity contribution >= 4 is 29.0 Å². The molecule has 8 heteroatoms. The number of hydrogen-bond acceptors (Lipinski definition) is 4. The fraction of sp³-hybridized carbons (Fsp3) is 0.375. The van der Waals surface area contributed by atoms with E-state index in [1.807, 2.05) is 12.1 Å². The minimum Gasteiger partial charge on any atom is -0.378 e. The highest BCUT2D eigenvalue weighted by Crippen LogP contribution is 2.28. The van der Waals surface area contributed by atoms with Crippen molar-refractivity contribution in [2.75, 3.05) is 43.1 Å². The van der Waals surface area contributed by atoms with Crippen LogP contribution in [0, 0.1) is 0 Å². The standard InChI is InChI=1S/C16H20ClN5O2/c17-14-2-1-13(22-5-7-24-8-6-22)9-15(14)21-16(23)19-4-3-12-10-18-11-20-12/h1-2,9-11H,3-8H2,(H,18,20)(H2,19,21,23). The van der Waals surface area contributed by atoms with Gasteiger partial charge in [0.1, 0.15) is 0 Å².